The van der Waals surface area contributed by atoms with Crippen LogP contribution in [0.3, 0.4) is 0 Å². The number of nitrogens with one attached hydrogen (secondary N) is 1. The number of esters is 1. The van der Waals surface area contributed by atoms with Crippen LogP contribution in [0.4, 0.5) is 5.69 Å². The van der Waals surface area contributed by atoms with Crippen molar-refractivity contribution in [3.8, 4) is 0 Å². The van der Waals surface area contributed by atoms with E-state index >= 15 is 0 Å². The first-order valence-corrected chi connectivity index (χ1v) is 9.24. The lowest BCUT2D eigenvalue weighted by Crippen LogP contribution is -2.22. The fourth-order valence-corrected chi connectivity index (χ4v) is 2.91. The lowest BCUT2D eigenvalue weighted by molar-refractivity contribution is -0.119. The zero-order valence-corrected chi connectivity index (χ0v) is 16.0. The molecule has 7 nitrogen and oxygen atoms in total. The van der Waals surface area contributed by atoms with Crippen molar-refractivity contribution < 1.29 is 18.7 Å². The van der Waals surface area contributed by atoms with Gasteiger partial charge >= 0.3 is 5.97 Å². The van der Waals surface area contributed by atoms with Crippen LogP contribution in [0.25, 0.3) is 0 Å². The highest BCUT2D eigenvalue weighted by atomic mass is 16.5. The maximum Gasteiger partial charge on any atom is 0.374 e. The maximum absolute atomic E-state index is 12.3. The lowest BCUT2D eigenvalue weighted by atomic mass is 10.0. The fraction of sp³-hybridized carbons (Fsp3) is 0.286. The molecule has 0 aliphatic rings. The predicted octanol–water partition coefficient (Wildman–Crippen LogP) is 3.44. The van der Waals surface area contributed by atoms with Crippen LogP contribution in [0.1, 0.15) is 41.3 Å². The monoisotopic (exact) mass is 381 g/mol. The highest BCUT2D eigenvalue weighted by molar-refractivity contribution is 5.95. The molecule has 0 unspecified atom stereocenters. The Bertz CT molecular complexity index is 922. The van der Waals surface area contributed by atoms with Crippen LogP contribution in [-0.2, 0) is 28.9 Å². The number of carbonyl (C=O) groups excluding carboxylic acids is 2. The van der Waals surface area contributed by atoms with E-state index in [1.165, 1.54) is 6.07 Å². The van der Waals surface area contributed by atoms with Crippen LogP contribution >= 0.6 is 0 Å². The first-order valence-electron chi connectivity index (χ1n) is 9.24. The highest BCUT2D eigenvalue weighted by Gasteiger charge is 2.16. The Morgan fingerprint density at radius 1 is 1.11 bits per heavy atom. The third-order valence-electron chi connectivity index (χ3n) is 4.34. The summed E-state index contributed by atoms with van der Waals surface area (Å²) in [6.45, 7) is 4.09. The average molecular weight is 381 g/mol. The molecule has 0 fully saturated rings. The molecule has 28 heavy (non-hydrogen) atoms. The van der Waals surface area contributed by atoms with Crippen molar-refractivity contribution in [2.24, 2.45) is 0 Å². The van der Waals surface area contributed by atoms with Crippen molar-refractivity contribution in [3.05, 3.63) is 71.4 Å². The van der Waals surface area contributed by atoms with E-state index in [9.17, 15) is 9.59 Å². The van der Waals surface area contributed by atoms with E-state index in [0.29, 0.717) is 12.3 Å². The van der Waals surface area contributed by atoms with Crippen molar-refractivity contribution in [2.45, 2.75) is 33.2 Å². The lowest BCUT2D eigenvalue weighted by Gasteiger charge is -2.14. The molecule has 0 aliphatic heterocycles. The van der Waals surface area contributed by atoms with E-state index in [1.807, 2.05) is 32.0 Å². The molecule has 2 heterocycles. The minimum atomic E-state index is -0.679. The molecule has 1 aromatic carbocycles. The normalized spacial score (nSPS) is 10.6. The van der Waals surface area contributed by atoms with Gasteiger partial charge in [-0.25, -0.2) is 4.79 Å². The molecule has 0 saturated carbocycles. The Morgan fingerprint density at radius 3 is 2.50 bits per heavy atom. The molecule has 3 aromatic rings. The molecule has 0 radical (unpaired) electrons. The van der Waals surface area contributed by atoms with Gasteiger partial charge in [0, 0.05) is 18.1 Å². The minimum Gasteiger partial charge on any atom is -0.452 e. The molecule has 0 aliphatic carbocycles. The number of hydrogen-bond acceptors (Lipinski definition) is 5. The summed E-state index contributed by atoms with van der Waals surface area (Å²) < 4.78 is 12.2. The molecular formula is C21H23N3O4. The number of furan rings is 1. The third kappa shape index (κ3) is 4.68. The van der Waals surface area contributed by atoms with Gasteiger partial charge in [0.15, 0.2) is 6.61 Å². The average Bonchev–Trinajstić information content (AvgIpc) is 3.39. The predicted molar refractivity (Wildman–Crippen MR) is 104 cm³/mol. The highest BCUT2D eigenvalue weighted by Crippen LogP contribution is 2.22. The van der Waals surface area contributed by atoms with Crippen molar-refractivity contribution in [2.75, 3.05) is 11.9 Å². The van der Waals surface area contributed by atoms with Gasteiger partial charge in [-0.3, -0.25) is 9.48 Å². The summed E-state index contributed by atoms with van der Waals surface area (Å²) in [5.41, 5.74) is 2.90. The van der Waals surface area contributed by atoms with Crippen LogP contribution in [0, 0.1) is 0 Å². The van der Waals surface area contributed by atoms with Gasteiger partial charge in [-0.2, -0.15) is 5.10 Å². The minimum absolute atomic E-state index is 0.0539. The van der Waals surface area contributed by atoms with Crippen molar-refractivity contribution >= 4 is 17.6 Å². The molecule has 146 valence electrons. The Kier molecular flexibility index (Phi) is 6.26. The van der Waals surface area contributed by atoms with Gasteiger partial charge in [0.1, 0.15) is 5.76 Å². The molecule has 0 saturated heterocycles. The van der Waals surface area contributed by atoms with Crippen LogP contribution in [0.2, 0.25) is 0 Å². The molecular weight excluding hydrogens is 358 g/mol. The smallest absolute Gasteiger partial charge is 0.374 e. The van der Waals surface area contributed by atoms with Gasteiger partial charge in [0.25, 0.3) is 5.91 Å². The second kappa shape index (κ2) is 9.03. The number of ether oxygens (including phenoxy) is 1. The number of para-hydroxylation sites is 1. The number of benzene rings is 1. The molecule has 0 atom stereocenters. The van der Waals surface area contributed by atoms with Gasteiger partial charge < -0.3 is 14.5 Å². The molecule has 7 heteroatoms. The summed E-state index contributed by atoms with van der Waals surface area (Å²) in [6, 6.07) is 10.9. The molecule has 1 N–H and O–H groups in total. The zero-order valence-electron chi connectivity index (χ0n) is 16.0. The Morgan fingerprint density at radius 2 is 1.86 bits per heavy atom. The number of carbonyl (C=O) groups is 2. The zero-order chi connectivity index (χ0) is 19.9. The van der Waals surface area contributed by atoms with Gasteiger partial charge in [-0.15, -0.1) is 0 Å². The number of hydrogen-bond donors (Lipinski definition) is 1. The van der Waals surface area contributed by atoms with Crippen LogP contribution in [0.15, 0.2) is 53.2 Å². The van der Waals surface area contributed by atoms with E-state index in [1.54, 1.807) is 29.2 Å². The number of anilines is 1. The number of nitrogens with zero attached hydrogens (tertiary/aromatic N) is 2. The van der Waals surface area contributed by atoms with Crippen LogP contribution in [0.5, 0.6) is 0 Å². The summed E-state index contributed by atoms with van der Waals surface area (Å²) in [5, 5.41) is 6.95. The van der Waals surface area contributed by atoms with Crippen molar-refractivity contribution in [1.82, 2.24) is 9.78 Å². The van der Waals surface area contributed by atoms with E-state index in [2.05, 4.69) is 10.4 Å². The van der Waals surface area contributed by atoms with E-state index in [-0.39, 0.29) is 18.3 Å². The Hall–Kier alpha value is -3.35. The standard InChI is InChI=1S/C21H23N3O4/c1-3-15-7-5-8-16(4-2)20(15)23-19(25)14-27-21(26)18-10-9-17(28-18)13-24-12-6-11-22-24/h5-12H,3-4,13-14H2,1-2H3,(H,23,25). The van der Waals surface area contributed by atoms with E-state index in [0.717, 1.165) is 29.7 Å². The van der Waals surface area contributed by atoms with E-state index < -0.39 is 5.97 Å². The number of amides is 1. The number of aromatic nitrogens is 2. The third-order valence-corrected chi connectivity index (χ3v) is 4.34. The molecule has 0 spiro atoms. The topological polar surface area (TPSA) is 86.4 Å². The number of aryl methyl sites for hydroxylation is 2. The Labute approximate surface area is 163 Å². The van der Waals surface area contributed by atoms with Crippen molar-refractivity contribution in [3.63, 3.8) is 0 Å². The first kappa shape index (κ1) is 19.4. The Balaban J connectivity index is 1.56. The molecule has 2 aromatic heterocycles. The summed E-state index contributed by atoms with van der Waals surface area (Å²) in [6.07, 6.45) is 5.06. The summed E-state index contributed by atoms with van der Waals surface area (Å²) in [5.74, 6) is -0.434. The van der Waals surface area contributed by atoms with E-state index in [4.69, 9.17) is 9.15 Å². The SMILES string of the molecule is CCc1cccc(CC)c1NC(=O)COC(=O)c1ccc(Cn2cccn2)o1. The number of rotatable bonds is 8. The first-order chi connectivity index (χ1) is 13.6. The molecule has 0 bridgehead atoms. The van der Waals surface area contributed by atoms with Crippen molar-refractivity contribution in [1.29, 1.82) is 0 Å². The summed E-state index contributed by atoms with van der Waals surface area (Å²) >= 11 is 0. The maximum atomic E-state index is 12.3. The fourth-order valence-electron chi connectivity index (χ4n) is 2.91. The second-order valence-corrected chi connectivity index (χ2v) is 6.25. The van der Waals surface area contributed by atoms with Crippen LogP contribution < -0.4 is 5.32 Å². The van der Waals surface area contributed by atoms with Gasteiger partial charge in [0.05, 0.1) is 6.54 Å². The summed E-state index contributed by atoms with van der Waals surface area (Å²) in [7, 11) is 0. The molecule has 1 amide bonds. The summed E-state index contributed by atoms with van der Waals surface area (Å²) in [4.78, 5) is 24.4. The van der Waals surface area contributed by atoms with Crippen LogP contribution in [-0.4, -0.2) is 28.3 Å². The quantitative estimate of drug-likeness (QED) is 0.604. The van der Waals surface area contributed by atoms with Gasteiger partial charge in [-0.05, 0) is 42.2 Å². The second-order valence-electron chi connectivity index (χ2n) is 6.25. The molecule has 3 rings (SSSR count). The largest absolute Gasteiger partial charge is 0.452 e. The van der Waals surface area contributed by atoms with Gasteiger partial charge in [-0.1, -0.05) is 32.0 Å². The van der Waals surface area contributed by atoms with Gasteiger partial charge in [0.2, 0.25) is 5.76 Å².